The molecule has 19 heavy (non-hydrogen) atoms. The van der Waals surface area contributed by atoms with Crippen LogP contribution in [0.2, 0.25) is 0 Å². The van der Waals surface area contributed by atoms with E-state index < -0.39 is 12.0 Å². The van der Waals surface area contributed by atoms with Gasteiger partial charge in [0.2, 0.25) is 11.0 Å². The van der Waals surface area contributed by atoms with Gasteiger partial charge < -0.3 is 9.84 Å². The van der Waals surface area contributed by atoms with Gasteiger partial charge in [0.1, 0.15) is 5.76 Å². The van der Waals surface area contributed by atoms with E-state index in [0.717, 1.165) is 5.56 Å². The molecule has 0 fully saturated rings. The first-order valence-corrected chi connectivity index (χ1v) is 6.16. The summed E-state index contributed by atoms with van der Waals surface area (Å²) < 4.78 is 45.4. The van der Waals surface area contributed by atoms with Crippen molar-refractivity contribution >= 4 is 16.7 Å². The summed E-state index contributed by atoms with van der Waals surface area (Å²) in [5.74, 6) is -0.510. The summed E-state index contributed by atoms with van der Waals surface area (Å²) in [4.78, 5) is 3.41. The highest BCUT2D eigenvalue weighted by Crippen LogP contribution is 2.31. The van der Waals surface area contributed by atoms with Gasteiger partial charge in [0.15, 0.2) is 0 Å². The van der Waals surface area contributed by atoms with Crippen molar-refractivity contribution < 1.29 is 17.7 Å². The van der Waals surface area contributed by atoms with Gasteiger partial charge in [0.05, 0.1) is 11.7 Å². The van der Waals surface area contributed by atoms with E-state index in [-0.39, 0.29) is 11.2 Å². The second-order valence-electron chi connectivity index (χ2n) is 4.02. The molecule has 0 aliphatic carbocycles. The Labute approximate surface area is 111 Å². The Morgan fingerprint density at radius 2 is 2.00 bits per heavy atom. The second-order valence-corrected chi connectivity index (χ2v) is 4.78. The molecular weight excluding hydrogens is 281 g/mol. The summed E-state index contributed by atoms with van der Waals surface area (Å²) in [6, 6.07) is -0.264. The van der Waals surface area contributed by atoms with Crippen molar-refractivity contribution in [2.24, 2.45) is 0 Å². The first-order chi connectivity index (χ1) is 8.79. The molecule has 9 heteroatoms. The zero-order chi connectivity index (χ0) is 14.2. The summed E-state index contributed by atoms with van der Waals surface area (Å²) in [6.07, 6.45) is -4.53. The Balaban J connectivity index is 2.16. The third kappa shape index (κ3) is 2.86. The number of alkyl halides is 3. The van der Waals surface area contributed by atoms with Gasteiger partial charge in [-0.15, -0.1) is 0 Å². The number of nitrogens with one attached hydrogen (secondary N) is 1. The first-order valence-electron chi connectivity index (χ1n) is 5.39. The van der Waals surface area contributed by atoms with Crippen molar-refractivity contribution in [3.63, 3.8) is 0 Å². The fourth-order valence-corrected chi connectivity index (χ4v) is 2.44. The average Bonchev–Trinajstić information content (AvgIpc) is 2.85. The molecule has 2 aromatic rings. The SMILES string of the molecule is Cc1noc(C)c1C(C)Nc1nc(C(F)(F)F)ns1. The van der Waals surface area contributed by atoms with E-state index >= 15 is 0 Å². The maximum atomic E-state index is 12.4. The van der Waals surface area contributed by atoms with E-state index in [1.807, 2.05) is 0 Å². The lowest BCUT2D eigenvalue weighted by Gasteiger charge is -2.11. The molecular formula is C10H11F3N4OS. The second kappa shape index (κ2) is 4.80. The highest BCUT2D eigenvalue weighted by atomic mass is 32.1. The van der Waals surface area contributed by atoms with Crippen LogP contribution in [-0.4, -0.2) is 14.5 Å². The lowest BCUT2D eigenvalue weighted by atomic mass is 10.1. The average molecular weight is 292 g/mol. The number of rotatable bonds is 3. The zero-order valence-corrected chi connectivity index (χ0v) is 11.2. The van der Waals surface area contributed by atoms with Gasteiger partial charge in [-0.1, -0.05) is 5.16 Å². The van der Waals surface area contributed by atoms with E-state index in [9.17, 15) is 13.2 Å². The fraction of sp³-hybridized carbons (Fsp3) is 0.500. The normalized spacial score (nSPS) is 13.6. The van der Waals surface area contributed by atoms with Gasteiger partial charge in [-0.2, -0.15) is 22.5 Å². The van der Waals surface area contributed by atoms with E-state index in [4.69, 9.17) is 4.52 Å². The molecule has 0 aliphatic heterocycles. The van der Waals surface area contributed by atoms with Crippen molar-refractivity contribution in [1.29, 1.82) is 0 Å². The molecule has 0 bridgehead atoms. The molecule has 0 aliphatic rings. The fourth-order valence-electron chi connectivity index (χ4n) is 1.76. The largest absolute Gasteiger partial charge is 0.452 e. The number of nitrogens with zero attached hydrogens (tertiary/aromatic N) is 3. The highest BCUT2D eigenvalue weighted by Gasteiger charge is 2.36. The maximum Gasteiger partial charge on any atom is 0.452 e. The molecule has 1 unspecified atom stereocenters. The number of aryl methyl sites for hydroxylation is 2. The van der Waals surface area contributed by atoms with Crippen LogP contribution < -0.4 is 5.32 Å². The zero-order valence-electron chi connectivity index (χ0n) is 10.4. The molecule has 1 atom stereocenters. The Morgan fingerprint density at radius 3 is 2.47 bits per heavy atom. The third-order valence-electron chi connectivity index (χ3n) is 2.54. The van der Waals surface area contributed by atoms with Crippen molar-refractivity contribution in [1.82, 2.24) is 14.5 Å². The predicted octanol–water partition coefficient (Wildman–Crippen LogP) is 3.33. The third-order valence-corrected chi connectivity index (χ3v) is 3.19. The number of hydrogen-bond acceptors (Lipinski definition) is 6. The standard InChI is InChI=1S/C10H11F3N4OS/c1-4(7-5(2)16-18-6(7)3)14-9-15-8(17-19-9)10(11,12)13/h4H,1-3H3,(H,14,15,17). The molecule has 0 saturated carbocycles. The molecule has 5 nitrogen and oxygen atoms in total. The van der Waals surface area contributed by atoms with Crippen LogP contribution in [0.5, 0.6) is 0 Å². The van der Waals surface area contributed by atoms with Crippen LogP contribution in [0, 0.1) is 13.8 Å². The summed E-state index contributed by atoms with van der Waals surface area (Å²) in [5.41, 5.74) is 1.50. The summed E-state index contributed by atoms with van der Waals surface area (Å²) in [7, 11) is 0. The van der Waals surface area contributed by atoms with Gasteiger partial charge in [-0.3, -0.25) is 0 Å². The quantitative estimate of drug-likeness (QED) is 0.940. The van der Waals surface area contributed by atoms with E-state index in [0.29, 0.717) is 23.0 Å². The molecule has 0 radical (unpaired) electrons. The molecule has 2 heterocycles. The molecule has 0 amide bonds. The van der Waals surface area contributed by atoms with Crippen molar-refractivity contribution in [2.75, 3.05) is 5.32 Å². The van der Waals surface area contributed by atoms with Gasteiger partial charge in [0.25, 0.3) is 0 Å². The molecule has 0 saturated heterocycles. The molecule has 0 aromatic carbocycles. The van der Waals surface area contributed by atoms with Crippen LogP contribution in [0.15, 0.2) is 4.52 Å². The minimum Gasteiger partial charge on any atom is -0.361 e. The van der Waals surface area contributed by atoms with Crippen LogP contribution in [0.3, 0.4) is 0 Å². The summed E-state index contributed by atoms with van der Waals surface area (Å²) in [6.45, 7) is 5.31. The predicted molar refractivity (Wildman–Crippen MR) is 62.9 cm³/mol. The Morgan fingerprint density at radius 1 is 1.32 bits per heavy atom. The highest BCUT2D eigenvalue weighted by molar-refractivity contribution is 7.09. The van der Waals surface area contributed by atoms with Crippen LogP contribution in [0.1, 0.15) is 35.8 Å². The van der Waals surface area contributed by atoms with Crippen molar-refractivity contribution in [3.8, 4) is 0 Å². The van der Waals surface area contributed by atoms with Gasteiger partial charge in [-0.05, 0) is 20.8 Å². The molecule has 104 valence electrons. The van der Waals surface area contributed by atoms with E-state index in [1.165, 1.54) is 0 Å². The Bertz CT molecular complexity index is 558. The number of halogens is 3. The lowest BCUT2D eigenvalue weighted by Crippen LogP contribution is -2.10. The first kappa shape index (κ1) is 13.8. The monoisotopic (exact) mass is 292 g/mol. The van der Waals surface area contributed by atoms with Crippen LogP contribution in [-0.2, 0) is 6.18 Å². The summed E-state index contributed by atoms with van der Waals surface area (Å²) >= 11 is 0.670. The molecule has 2 aromatic heterocycles. The van der Waals surface area contributed by atoms with E-state index in [1.54, 1.807) is 20.8 Å². The topological polar surface area (TPSA) is 63.8 Å². The molecule has 0 spiro atoms. The molecule has 1 N–H and O–H groups in total. The van der Waals surface area contributed by atoms with Gasteiger partial charge in [-0.25, -0.2) is 0 Å². The smallest absolute Gasteiger partial charge is 0.361 e. The summed E-state index contributed by atoms with van der Waals surface area (Å²) in [5, 5.41) is 6.77. The maximum absolute atomic E-state index is 12.4. The van der Waals surface area contributed by atoms with Crippen LogP contribution >= 0.6 is 11.5 Å². The van der Waals surface area contributed by atoms with Gasteiger partial charge >= 0.3 is 6.18 Å². The van der Waals surface area contributed by atoms with Gasteiger partial charge in [0, 0.05) is 17.1 Å². The minimum absolute atomic E-state index is 0.111. The van der Waals surface area contributed by atoms with Crippen molar-refractivity contribution in [2.45, 2.75) is 33.0 Å². The number of aromatic nitrogens is 3. The number of anilines is 1. The molecule has 2 rings (SSSR count). The Kier molecular flexibility index (Phi) is 3.48. The van der Waals surface area contributed by atoms with E-state index in [2.05, 4.69) is 19.8 Å². The number of hydrogen-bond donors (Lipinski definition) is 1. The van der Waals surface area contributed by atoms with Crippen LogP contribution in [0.4, 0.5) is 18.3 Å². The lowest BCUT2D eigenvalue weighted by molar-refractivity contribution is -0.144. The minimum atomic E-state index is -4.53. The van der Waals surface area contributed by atoms with Crippen molar-refractivity contribution in [3.05, 3.63) is 22.8 Å². The Hall–Kier alpha value is -1.64. The van der Waals surface area contributed by atoms with Crippen LogP contribution in [0.25, 0.3) is 0 Å².